The molecular formula is C20H23ClN2O5S. The number of halogens is 1. The van der Waals surface area contributed by atoms with Crippen LogP contribution in [0, 0.1) is 13.8 Å². The predicted octanol–water partition coefficient (Wildman–Crippen LogP) is 3.00. The summed E-state index contributed by atoms with van der Waals surface area (Å²) in [5, 5.41) is 2.75. The van der Waals surface area contributed by atoms with Crippen LogP contribution in [0.5, 0.6) is 5.75 Å². The molecule has 0 spiro atoms. The topological polar surface area (TPSA) is 84.9 Å². The lowest BCUT2D eigenvalue weighted by Crippen LogP contribution is -2.40. The Kier molecular flexibility index (Phi) is 6.79. The van der Waals surface area contributed by atoms with Gasteiger partial charge < -0.3 is 14.8 Å². The van der Waals surface area contributed by atoms with Crippen molar-refractivity contribution in [3.63, 3.8) is 0 Å². The number of ether oxygens (including phenoxy) is 2. The summed E-state index contributed by atoms with van der Waals surface area (Å²) >= 11 is 6.13. The summed E-state index contributed by atoms with van der Waals surface area (Å²) in [5.74, 6) is 0.222. The lowest BCUT2D eigenvalue weighted by atomic mass is 10.1. The van der Waals surface area contributed by atoms with E-state index in [0.717, 1.165) is 11.1 Å². The molecule has 0 bridgehead atoms. The highest BCUT2D eigenvalue weighted by molar-refractivity contribution is 7.89. The molecule has 0 radical (unpaired) electrons. The van der Waals surface area contributed by atoms with Crippen LogP contribution < -0.4 is 10.1 Å². The molecule has 1 fully saturated rings. The summed E-state index contributed by atoms with van der Waals surface area (Å²) in [7, 11) is -3.78. The number of morpholine rings is 1. The third kappa shape index (κ3) is 5.27. The normalized spacial score (nSPS) is 15.1. The Balaban J connectivity index is 1.69. The summed E-state index contributed by atoms with van der Waals surface area (Å²) in [6, 6.07) is 10.1. The van der Waals surface area contributed by atoms with E-state index >= 15 is 0 Å². The molecule has 1 heterocycles. The van der Waals surface area contributed by atoms with Crippen LogP contribution in [0.3, 0.4) is 0 Å². The fourth-order valence-electron chi connectivity index (χ4n) is 3.01. The van der Waals surface area contributed by atoms with Crippen LogP contribution in [0.15, 0.2) is 41.3 Å². The van der Waals surface area contributed by atoms with E-state index in [1.54, 1.807) is 6.07 Å². The molecule has 2 aromatic carbocycles. The molecule has 3 rings (SSSR count). The number of sulfonamides is 1. The molecule has 1 aliphatic heterocycles. The minimum atomic E-state index is -3.78. The highest BCUT2D eigenvalue weighted by Crippen LogP contribution is 2.28. The van der Waals surface area contributed by atoms with E-state index in [1.165, 1.54) is 16.4 Å². The zero-order chi connectivity index (χ0) is 21.0. The second kappa shape index (κ2) is 9.13. The van der Waals surface area contributed by atoms with E-state index in [9.17, 15) is 13.2 Å². The van der Waals surface area contributed by atoms with Gasteiger partial charge in [0.2, 0.25) is 10.0 Å². The number of carbonyl (C=O) groups is 1. The predicted molar refractivity (Wildman–Crippen MR) is 111 cm³/mol. The maximum atomic E-state index is 12.9. The fourth-order valence-corrected chi connectivity index (χ4v) is 4.91. The first-order chi connectivity index (χ1) is 13.8. The number of hydrogen-bond acceptors (Lipinski definition) is 5. The average Bonchev–Trinajstić information content (AvgIpc) is 2.69. The van der Waals surface area contributed by atoms with Gasteiger partial charge >= 0.3 is 0 Å². The van der Waals surface area contributed by atoms with E-state index in [4.69, 9.17) is 21.1 Å². The van der Waals surface area contributed by atoms with Gasteiger partial charge in [0.1, 0.15) is 10.6 Å². The van der Waals surface area contributed by atoms with Crippen LogP contribution in [0.2, 0.25) is 5.02 Å². The van der Waals surface area contributed by atoms with Gasteiger partial charge in [-0.1, -0.05) is 29.3 Å². The molecule has 7 nitrogen and oxygen atoms in total. The van der Waals surface area contributed by atoms with Gasteiger partial charge in [0, 0.05) is 18.8 Å². The van der Waals surface area contributed by atoms with Gasteiger partial charge in [-0.25, -0.2) is 8.42 Å². The number of nitrogens with zero attached hydrogens (tertiary/aromatic N) is 1. The van der Waals surface area contributed by atoms with Crippen molar-refractivity contribution in [1.82, 2.24) is 4.31 Å². The van der Waals surface area contributed by atoms with E-state index in [2.05, 4.69) is 5.32 Å². The Morgan fingerprint density at radius 3 is 2.59 bits per heavy atom. The summed E-state index contributed by atoms with van der Waals surface area (Å²) in [6.45, 7) is 4.89. The number of hydrogen-bond donors (Lipinski definition) is 1. The van der Waals surface area contributed by atoms with Crippen molar-refractivity contribution in [3.05, 3.63) is 52.5 Å². The molecule has 156 valence electrons. The fraction of sp³-hybridized carbons (Fsp3) is 0.350. The van der Waals surface area contributed by atoms with Crippen LogP contribution in [0.4, 0.5) is 5.69 Å². The van der Waals surface area contributed by atoms with Gasteiger partial charge in [0.25, 0.3) is 5.91 Å². The maximum Gasteiger partial charge on any atom is 0.262 e. The molecule has 2 aromatic rings. The van der Waals surface area contributed by atoms with Gasteiger partial charge in [-0.2, -0.15) is 4.31 Å². The van der Waals surface area contributed by atoms with Crippen molar-refractivity contribution in [3.8, 4) is 5.75 Å². The van der Waals surface area contributed by atoms with Gasteiger partial charge in [0.15, 0.2) is 6.61 Å². The third-order valence-electron chi connectivity index (χ3n) is 4.49. The summed E-state index contributed by atoms with van der Waals surface area (Å²) in [5.41, 5.74) is 2.37. The number of aryl methyl sites for hydroxylation is 2. The van der Waals surface area contributed by atoms with Crippen LogP contribution in [-0.4, -0.2) is 51.5 Å². The molecular weight excluding hydrogens is 416 g/mol. The Labute approximate surface area is 175 Å². The molecule has 0 atom stereocenters. The van der Waals surface area contributed by atoms with Gasteiger partial charge in [-0.3, -0.25) is 4.79 Å². The lowest BCUT2D eigenvalue weighted by molar-refractivity contribution is -0.118. The van der Waals surface area contributed by atoms with Crippen LogP contribution >= 0.6 is 11.6 Å². The molecule has 1 saturated heterocycles. The van der Waals surface area contributed by atoms with Crippen LogP contribution in [0.25, 0.3) is 0 Å². The summed E-state index contributed by atoms with van der Waals surface area (Å²) in [6.07, 6.45) is 0. The highest BCUT2D eigenvalue weighted by atomic mass is 35.5. The second-order valence-corrected chi connectivity index (χ2v) is 9.08. The van der Waals surface area contributed by atoms with Crippen LogP contribution in [-0.2, 0) is 19.6 Å². The standard InChI is InChI=1S/C20H23ClN2O5S/c1-14-3-6-18(15(2)11-14)28-13-20(24)22-16-4-5-17(21)19(12-16)29(25,26)23-7-9-27-10-8-23/h3-6,11-12H,7-10,13H2,1-2H3,(H,22,24). The largest absolute Gasteiger partial charge is 0.483 e. The number of benzene rings is 2. The quantitative estimate of drug-likeness (QED) is 0.749. The van der Waals surface area contributed by atoms with E-state index in [1.807, 2.05) is 32.0 Å². The Bertz CT molecular complexity index is 1000. The average molecular weight is 439 g/mol. The van der Waals surface area contributed by atoms with Crippen molar-refractivity contribution >= 4 is 33.2 Å². The Morgan fingerprint density at radius 1 is 1.17 bits per heavy atom. The van der Waals surface area contributed by atoms with Crippen molar-refractivity contribution in [1.29, 1.82) is 0 Å². The smallest absolute Gasteiger partial charge is 0.262 e. The minimum absolute atomic E-state index is 0.0471. The molecule has 0 aliphatic carbocycles. The summed E-state index contributed by atoms with van der Waals surface area (Å²) in [4.78, 5) is 12.2. The third-order valence-corrected chi connectivity index (χ3v) is 6.87. The molecule has 29 heavy (non-hydrogen) atoms. The second-order valence-electron chi connectivity index (χ2n) is 6.77. The Morgan fingerprint density at radius 2 is 1.90 bits per heavy atom. The zero-order valence-corrected chi connectivity index (χ0v) is 17.8. The van der Waals surface area contributed by atoms with Crippen molar-refractivity contribution in [2.24, 2.45) is 0 Å². The van der Waals surface area contributed by atoms with E-state index < -0.39 is 15.9 Å². The molecule has 9 heteroatoms. The number of rotatable bonds is 6. The molecule has 1 aliphatic rings. The van der Waals surface area contributed by atoms with E-state index in [-0.39, 0.29) is 29.6 Å². The minimum Gasteiger partial charge on any atom is -0.483 e. The Hall–Kier alpha value is -2.13. The lowest BCUT2D eigenvalue weighted by Gasteiger charge is -2.26. The van der Waals surface area contributed by atoms with E-state index in [0.29, 0.717) is 24.7 Å². The van der Waals surface area contributed by atoms with Crippen molar-refractivity contribution in [2.45, 2.75) is 18.7 Å². The first-order valence-electron chi connectivity index (χ1n) is 9.15. The molecule has 1 amide bonds. The molecule has 0 aromatic heterocycles. The number of anilines is 1. The SMILES string of the molecule is Cc1ccc(OCC(=O)Nc2ccc(Cl)c(S(=O)(=O)N3CCOCC3)c2)c(C)c1. The maximum absolute atomic E-state index is 12.9. The first kappa shape index (κ1) is 21.6. The van der Waals surface area contributed by atoms with Gasteiger partial charge in [-0.15, -0.1) is 0 Å². The monoisotopic (exact) mass is 438 g/mol. The zero-order valence-electron chi connectivity index (χ0n) is 16.3. The molecule has 0 saturated carbocycles. The molecule has 0 unspecified atom stereocenters. The number of amides is 1. The van der Waals surface area contributed by atoms with Crippen molar-refractivity contribution < 1.29 is 22.7 Å². The van der Waals surface area contributed by atoms with Gasteiger partial charge in [0.05, 0.1) is 18.2 Å². The number of nitrogens with one attached hydrogen (secondary N) is 1. The highest BCUT2D eigenvalue weighted by Gasteiger charge is 2.28. The number of carbonyl (C=O) groups excluding carboxylic acids is 1. The van der Waals surface area contributed by atoms with Gasteiger partial charge in [-0.05, 0) is 43.7 Å². The van der Waals surface area contributed by atoms with Crippen molar-refractivity contribution in [2.75, 3.05) is 38.2 Å². The van der Waals surface area contributed by atoms with Crippen LogP contribution in [0.1, 0.15) is 11.1 Å². The molecule has 1 N–H and O–H groups in total. The first-order valence-corrected chi connectivity index (χ1v) is 11.0. The summed E-state index contributed by atoms with van der Waals surface area (Å²) < 4.78 is 37.8.